The van der Waals surface area contributed by atoms with Crippen LogP contribution in [0.3, 0.4) is 0 Å². The van der Waals surface area contributed by atoms with Gasteiger partial charge < -0.3 is 15.0 Å². The highest BCUT2D eigenvalue weighted by atomic mass is 32.2. The number of aryl methyl sites for hydroxylation is 1. The van der Waals surface area contributed by atoms with E-state index in [1.807, 2.05) is 38.1 Å². The summed E-state index contributed by atoms with van der Waals surface area (Å²) < 4.78 is 5.02. The van der Waals surface area contributed by atoms with Crippen molar-refractivity contribution in [3.8, 4) is 0 Å². The lowest BCUT2D eigenvalue weighted by molar-refractivity contribution is -0.115. The number of benzene rings is 1. The molecule has 0 bridgehead atoms. The molecule has 0 aliphatic heterocycles. The number of carbonyl (C=O) groups excluding carboxylic acids is 1. The van der Waals surface area contributed by atoms with Crippen LogP contribution in [0.4, 0.5) is 5.69 Å². The summed E-state index contributed by atoms with van der Waals surface area (Å²) in [5.41, 5.74) is 2.20. The molecule has 134 valence electrons. The lowest BCUT2D eigenvalue weighted by Gasteiger charge is -2.16. The smallest absolute Gasteiger partial charge is 0.251 e. The predicted molar refractivity (Wildman–Crippen MR) is 100.0 cm³/mol. The van der Waals surface area contributed by atoms with Gasteiger partial charge in [-0.15, -0.1) is 0 Å². The zero-order valence-electron chi connectivity index (χ0n) is 14.7. The number of para-hydroxylation sites is 1. The van der Waals surface area contributed by atoms with Crippen LogP contribution in [-0.2, 0) is 22.6 Å². The van der Waals surface area contributed by atoms with E-state index in [9.17, 15) is 9.59 Å². The second-order valence-electron chi connectivity index (χ2n) is 5.49. The van der Waals surface area contributed by atoms with Gasteiger partial charge in [-0.25, -0.2) is 4.98 Å². The second kappa shape index (κ2) is 9.39. The van der Waals surface area contributed by atoms with Crippen LogP contribution >= 0.6 is 11.8 Å². The number of amides is 1. The fourth-order valence-electron chi connectivity index (χ4n) is 2.38. The van der Waals surface area contributed by atoms with Crippen LogP contribution in [0.2, 0.25) is 0 Å². The van der Waals surface area contributed by atoms with E-state index in [-0.39, 0.29) is 23.3 Å². The minimum absolute atomic E-state index is 0.104. The third kappa shape index (κ3) is 5.44. The van der Waals surface area contributed by atoms with E-state index >= 15 is 0 Å². The summed E-state index contributed by atoms with van der Waals surface area (Å²) in [6, 6.07) is 9.14. The second-order valence-corrected chi connectivity index (χ2v) is 6.68. The Morgan fingerprint density at radius 1 is 1.36 bits per heavy atom. The molecule has 1 atom stereocenters. The third-order valence-corrected chi connectivity index (χ3v) is 4.89. The van der Waals surface area contributed by atoms with Gasteiger partial charge in [-0.1, -0.05) is 43.8 Å². The molecule has 7 heteroatoms. The first-order valence-corrected chi connectivity index (χ1v) is 9.09. The maximum absolute atomic E-state index is 12.6. The summed E-state index contributed by atoms with van der Waals surface area (Å²) in [5, 5.41) is 3.05. The first-order valence-electron chi connectivity index (χ1n) is 8.22. The summed E-state index contributed by atoms with van der Waals surface area (Å²) >= 11 is 1.25. The van der Waals surface area contributed by atoms with Gasteiger partial charge in [0.15, 0.2) is 5.16 Å². The number of rotatable bonds is 8. The van der Waals surface area contributed by atoms with Crippen molar-refractivity contribution >= 4 is 23.4 Å². The predicted octanol–water partition coefficient (Wildman–Crippen LogP) is 2.99. The number of aromatic nitrogens is 2. The van der Waals surface area contributed by atoms with Crippen LogP contribution in [0, 0.1) is 0 Å². The molecule has 2 aromatic rings. The highest BCUT2D eigenvalue weighted by Gasteiger charge is 2.20. The number of methoxy groups -OCH3 is 1. The molecule has 0 aliphatic carbocycles. The Bertz CT molecular complexity index is 776. The lowest BCUT2D eigenvalue weighted by atomic mass is 10.1. The Morgan fingerprint density at radius 2 is 2.12 bits per heavy atom. The number of hydrogen-bond acceptors (Lipinski definition) is 5. The van der Waals surface area contributed by atoms with Crippen LogP contribution in [0.15, 0.2) is 40.3 Å². The average molecular weight is 361 g/mol. The summed E-state index contributed by atoms with van der Waals surface area (Å²) in [6.45, 7) is 4.23. The van der Waals surface area contributed by atoms with Crippen LogP contribution in [0.5, 0.6) is 0 Å². The molecule has 0 aliphatic rings. The number of anilines is 1. The first-order chi connectivity index (χ1) is 12.1. The molecule has 6 nitrogen and oxygen atoms in total. The Kier molecular flexibility index (Phi) is 7.21. The van der Waals surface area contributed by atoms with Gasteiger partial charge in [0.2, 0.25) is 5.91 Å². The Morgan fingerprint density at radius 3 is 2.80 bits per heavy atom. The van der Waals surface area contributed by atoms with Gasteiger partial charge in [0.1, 0.15) is 0 Å². The van der Waals surface area contributed by atoms with Gasteiger partial charge in [-0.3, -0.25) is 9.59 Å². The van der Waals surface area contributed by atoms with Crippen LogP contribution in [-0.4, -0.2) is 28.2 Å². The van der Waals surface area contributed by atoms with Gasteiger partial charge >= 0.3 is 0 Å². The topological polar surface area (TPSA) is 84.1 Å². The minimum Gasteiger partial charge on any atom is -0.378 e. The average Bonchev–Trinajstić information content (AvgIpc) is 2.60. The fourth-order valence-corrected chi connectivity index (χ4v) is 3.31. The van der Waals surface area contributed by atoms with Crippen molar-refractivity contribution in [2.45, 2.75) is 43.7 Å². The zero-order valence-corrected chi connectivity index (χ0v) is 15.5. The van der Waals surface area contributed by atoms with Crippen molar-refractivity contribution in [2.75, 3.05) is 12.4 Å². The summed E-state index contributed by atoms with van der Waals surface area (Å²) in [6.07, 6.45) is 1.46. The molecular weight excluding hydrogens is 338 g/mol. The number of thioether (sulfide) groups is 1. The molecule has 0 radical (unpaired) electrons. The van der Waals surface area contributed by atoms with E-state index in [1.165, 1.54) is 17.8 Å². The van der Waals surface area contributed by atoms with Gasteiger partial charge in [-0.05, 0) is 24.5 Å². The van der Waals surface area contributed by atoms with Gasteiger partial charge in [0, 0.05) is 18.9 Å². The van der Waals surface area contributed by atoms with Gasteiger partial charge in [-0.2, -0.15) is 0 Å². The van der Waals surface area contributed by atoms with Crippen molar-refractivity contribution in [1.82, 2.24) is 9.97 Å². The van der Waals surface area contributed by atoms with E-state index in [0.29, 0.717) is 17.3 Å². The lowest BCUT2D eigenvalue weighted by Crippen LogP contribution is -2.26. The number of ether oxygens (including phenoxy) is 1. The number of carbonyl (C=O) groups is 1. The van der Waals surface area contributed by atoms with Crippen molar-refractivity contribution < 1.29 is 9.53 Å². The van der Waals surface area contributed by atoms with Crippen molar-refractivity contribution in [1.29, 1.82) is 0 Å². The SMILES string of the molecule is CCc1ccccc1NC(=O)C(CC)Sc1nc(COC)cc(=O)[nH]1. The maximum Gasteiger partial charge on any atom is 0.251 e. The Balaban J connectivity index is 2.14. The Labute approximate surface area is 151 Å². The van der Waals surface area contributed by atoms with E-state index in [0.717, 1.165) is 17.7 Å². The highest BCUT2D eigenvalue weighted by Crippen LogP contribution is 2.24. The number of hydrogen-bond donors (Lipinski definition) is 2. The molecule has 0 spiro atoms. The largest absolute Gasteiger partial charge is 0.378 e. The van der Waals surface area contributed by atoms with Gasteiger partial charge in [0.25, 0.3) is 5.56 Å². The summed E-state index contributed by atoms with van der Waals surface area (Å²) in [7, 11) is 1.54. The molecule has 1 aromatic carbocycles. The molecule has 2 rings (SSSR count). The highest BCUT2D eigenvalue weighted by molar-refractivity contribution is 8.00. The minimum atomic E-state index is -0.356. The Hall–Kier alpha value is -2.12. The number of nitrogens with zero attached hydrogens (tertiary/aromatic N) is 1. The fraction of sp³-hybridized carbons (Fsp3) is 0.389. The van der Waals surface area contributed by atoms with E-state index in [1.54, 1.807) is 7.11 Å². The molecule has 1 aromatic heterocycles. The molecule has 1 unspecified atom stereocenters. The number of aromatic amines is 1. The molecular formula is C18H23N3O3S. The van der Waals surface area contributed by atoms with Crippen LogP contribution < -0.4 is 10.9 Å². The quantitative estimate of drug-likeness (QED) is 0.558. The number of H-pyrrole nitrogens is 1. The normalized spacial score (nSPS) is 12.0. The number of nitrogens with one attached hydrogen (secondary N) is 2. The van der Waals surface area contributed by atoms with Crippen LogP contribution in [0.25, 0.3) is 0 Å². The van der Waals surface area contributed by atoms with E-state index in [4.69, 9.17) is 4.74 Å². The van der Waals surface area contributed by atoms with Crippen LogP contribution in [0.1, 0.15) is 31.5 Å². The van der Waals surface area contributed by atoms with E-state index < -0.39 is 0 Å². The van der Waals surface area contributed by atoms with Gasteiger partial charge in [0.05, 0.1) is 17.6 Å². The third-order valence-electron chi connectivity index (χ3n) is 3.64. The molecule has 2 N–H and O–H groups in total. The standard InChI is InChI=1S/C18H23N3O3S/c1-4-12-8-6-7-9-14(12)20-17(23)15(5-2)25-18-19-13(11-24-3)10-16(22)21-18/h6-10,15H,4-5,11H2,1-3H3,(H,20,23)(H,19,21,22). The van der Waals surface area contributed by atoms with Crippen molar-refractivity contribution in [3.63, 3.8) is 0 Å². The van der Waals surface area contributed by atoms with E-state index in [2.05, 4.69) is 15.3 Å². The molecule has 1 heterocycles. The molecule has 0 saturated carbocycles. The summed E-state index contributed by atoms with van der Waals surface area (Å²) in [4.78, 5) is 31.4. The maximum atomic E-state index is 12.6. The molecule has 1 amide bonds. The zero-order chi connectivity index (χ0) is 18.2. The van der Waals surface area contributed by atoms with Crippen molar-refractivity contribution in [2.24, 2.45) is 0 Å². The molecule has 0 fully saturated rings. The monoisotopic (exact) mass is 361 g/mol. The summed E-state index contributed by atoms with van der Waals surface area (Å²) in [5.74, 6) is -0.104. The molecule has 0 saturated heterocycles. The van der Waals surface area contributed by atoms with Crippen molar-refractivity contribution in [3.05, 3.63) is 51.9 Å². The first kappa shape index (κ1) is 19.2. The molecule has 25 heavy (non-hydrogen) atoms.